The largest absolute Gasteiger partial charge is 0.328 e. The van der Waals surface area contributed by atoms with Crippen LogP contribution in [-0.2, 0) is 0 Å². The minimum Gasteiger partial charge on any atom is -0.328 e. The molecule has 1 heteroatoms. The third kappa shape index (κ3) is 1.48. The van der Waals surface area contributed by atoms with E-state index in [1.807, 2.05) is 0 Å². The van der Waals surface area contributed by atoms with Crippen LogP contribution in [-0.4, -0.2) is 6.04 Å². The lowest BCUT2D eigenvalue weighted by atomic mass is 10.0. The molecule has 0 radical (unpaired) electrons. The summed E-state index contributed by atoms with van der Waals surface area (Å²) in [5, 5.41) is 0. The molecule has 1 atom stereocenters. The van der Waals surface area contributed by atoms with Gasteiger partial charge in [0, 0.05) is 6.04 Å². The predicted octanol–water partition coefficient (Wildman–Crippen LogP) is 1.52. The molecule has 0 aromatic carbocycles. The van der Waals surface area contributed by atoms with Crippen LogP contribution in [0.4, 0.5) is 0 Å². The van der Waals surface area contributed by atoms with Crippen molar-refractivity contribution in [1.29, 1.82) is 0 Å². The molecule has 1 nitrogen and oxygen atoms in total. The van der Waals surface area contributed by atoms with Crippen LogP contribution in [0.5, 0.6) is 0 Å². The molecule has 0 heterocycles. The highest BCUT2D eigenvalue weighted by molar-refractivity contribution is 4.90. The number of hydrogen-bond donors (Lipinski definition) is 1. The van der Waals surface area contributed by atoms with Gasteiger partial charge in [0.1, 0.15) is 0 Å². The number of hydrogen-bond acceptors (Lipinski definition) is 1. The van der Waals surface area contributed by atoms with Gasteiger partial charge in [0.15, 0.2) is 0 Å². The van der Waals surface area contributed by atoms with Crippen molar-refractivity contribution >= 4 is 0 Å². The molecule has 0 aliphatic heterocycles. The molecule has 1 aliphatic rings. The van der Waals surface area contributed by atoms with Gasteiger partial charge in [0.25, 0.3) is 0 Å². The van der Waals surface area contributed by atoms with E-state index in [9.17, 15) is 0 Å². The Morgan fingerprint density at radius 3 is 2.25 bits per heavy atom. The Hall–Kier alpha value is -0.0400. The molecule has 0 aromatic heterocycles. The Morgan fingerprint density at radius 1 is 1.62 bits per heavy atom. The van der Waals surface area contributed by atoms with Crippen molar-refractivity contribution in [1.82, 2.24) is 0 Å². The minimum absolute atomic E-state index is 0.405. The molecule has 1 fully saturated rings. The summed E-state index contributed by atoms with van der Waals surface area (Å²) in [6.07, 6.45) is 4.01. The minimum atomic E-state index is 0.405. The molecule has 8 heavy (non-hydrogen) atoms. The molecular weight excluding hydrogens is 98.1 g/mol. The molecule has 2 N–H and O–H groups in total. The fourth-order valence-electron chi connectivity index (χ4n) is 1.19. The third-order valence-corrected chi connectivity index (χ3v) is 1.92. The highest BCUT2D eigenvalue weighted by Crippen LogP contribution is 2.48. The Kier molecular flexibility index (Phi) is 1.31. The average Bonchev–Trinajstić information content (AvgIpc) is 2.17. The van der Waals surface area contributed by atoms with Gasteiger partial charge in [-0.2, -0.15) is 0 Å². The smallest absolute Gasteiger partial charge is 0.00156 e. The zero-order chi connectivity index (χ0) is 6.20. The normalized spacial score (nSPS) is 27.4. The van der Waals surface area contributed by atoms with E-state index in [1.54, 1.807) is 0 Å². The standard InChI is InChI=1S/C7H15N/c1-6(8)5-7(2)3-4-7/h6H,3-5,8H2,1-2H3/t6-/m1/s1. The summed E-state index contributed by atoms with van der Waals surface area (Å²) in [5.74, 6) is 0. The van der Waals surface area contributed by atoms with Gasteiger partial charge in [-0.05, 0) is 31.6 Å². The highest BCUT2D eigenvalue weighted by atomic mass is 14.6. The number of rotatable bonds is 2. The fourth-order valence-corrected chi connectivity index (χ4v) is 1.19. The lowest BCUT2D eigenvalue weighted by Crippen LogP contribution is -2.18. The SMILES string of the molecule is C[C@@H](N)CC1(C)CC1. The van der Waals surface area contributed by atoms with Crippen LogP contribution in [0.15, 0.2) is 0 Å². The van der Waals surface area contributed by atoms with Crippen LogP contribution in [0, 0.1) is 5.41 Å². The van der Waals surface area contributed by atoms with Crippen molar-refractivity contribution in [2.24, 2.45) is 11.1 Å². The highest BCUT2D eigenvalue weighted by Gasteiger charge is 2.37. The van der Waals surface area contributed by atoms with Gasteiger partial charge in [-0.1, -0.05) is 6.92 Å². The molecule has 1 saturated carbocycles. The van der Waals surface area contributed by atoms with Crippen molar-refractivity contribution in [2.75, 3.05) is 0 Å². The Morgan fingerprint density at radius 2 is 2.12 bits per heavy atom. The van der Waals surface area contributed by atoms with Crippen LogP contribution in [0.3, 0.4) is 0 Å². The van der Waals surface area contributed by atoms with Crippen molar-refractivity contribution < 1.29 is 0 Å². The summed E-state index contributed by atoms with van der Waals surface area (Å²) in [4.78, 5) is 0. The zero-order valence-electron chi connectivity index (χ0n) is 5.78. The summed E-state index contributed by atoms with van der Waals surface area (Å²) >= 11 is 0. The maximum Gasteiger partial charge on any atom is 0.00156 e. The summed E-state index contributed by atoms with van der Waals surface area (Å²) in [6, 6.07) is 0.405. The van der Waals surface area contributed by atoms with E-state index in [2.05, 4.69) is 13.8 Å². The first kappa shape index (κ1) is 6.09. The third-order valence-electron chi connectivity index (χ3n) is 1.92. The second kappa shape index (κ2) is 1.73. The number of nitrogens with two attached hydrogens (primary N) is 1. The van der Waals surface area contributed by atoms with Gasteiger partial charge < -0.3 is 5.73 Å². The molecule has 1 aliphatic carbocycles. The second-order valence-electron chi connectivity index (χ2n) is 3.49. The summed E-state index contributed by atoms with van der Waals surface area (Å²) < 4.78 is 0. The van der Waals surface area contributed by atoms with Crippen molar-refractivity contribution in [3.63, 3.8) is 0 Å². The fraction of sp³-hybridized carbons (Fsp3) is 1.00. The maximum atomic E-state index is 5.62. The lowest BCUT2D eigenvalue weighted by molar-refractivity contribution is 0.466. The Labute approximate surface area is 51.3 Å². The Balaban J connectivity index is 2.19. The first-order valence-corrected chi connectivity index (χ1v) is 3.38. The van der Waals surface area contributed by atoms with Crippen LogP contribution in [0.1, 0.15) is 33.1 Å². The maximum absolute atomic E-state index is 5.62. The van der Waals surface area contributed by atoms with E-state index in [0.717, 1.165) is 0 Å². The van der Waals surface area contributed by atoms with E-state index in [-0.39, 0.29) is 0 Å². The Bertz CT molecular complexity index is 82.4. The predicted molar refractivity (Wildman–Crippen MR) is 35.6 cm³/mol. The molecule has 0 bridgehead atoms. The van der Waals surface area contributed by atoms with Gasteiger partial charge in [-0.3, -0.25) is 0 Å². The van der Waals surface area contributed by atoms with E-state index in [1.165, 1.54) is 19.3 Å². The second-order valence-corrected chi connectivity index (χ2v) is 3.49. The summed E-state index contributed by atoms with van der Waals surface area (Å²) in [5.41, 5.74) is 6.27. The van der Waals surface area contributed by atoms with E-state index in [4.69, 9.17) is 5.73 Å². The van der Waals surface area contributed by atoms with Crippen molar-refractivity contribution in [3.05, 3.63) is 0 Å². The van der Waals surface area contributed by atoms with Gasteiger partial charge in [0.2, 0.25) is 0 Å². The first-order chi connectivity index (χ1) is 3.62. The van der Waals surface area contributed by atoms with Crippen molar-refractivity contribution in [3.8, 4) is 0 Å². The monoisotopic (exact) mass is 113 g/mol. The van der Waals surface area contributed by atoms with E-state index >= 15 is 0 Å². The quantitative estimate of drug-likeness (QED) is 0.577. The van der Waals surface area contributed by atoms with Crippen LogP contribution in [0.25, 0.3) is 0 Å². The van der Waals surface area contributed by atoms with Crippen LogP contribution < -0.4 is 5.73 Å². The summed E-state index contributed by atoms with van der Waals surface area (Å²) in [7, 11) is 0. The molecule has 0 amide bonds. The molecule has 0 unspecified atom stereocenters. The van der Waals surface area contributed by atoms with Gasteiger partial charge in [0.05, 0.1) is 0 Å². The average molecular weight is 113 g/mol. The lowest BCUT2D eigenvalue weighted by Gasteiger charge is -2.09. The van der Waals surface area contributed by atoms with E-state index in [0.29, 0.717) is 11.5 Å². The van der Waals surface area contributed by atoms with Gasteiger partial charge in [-0.25, -0.2) is 0 Å². The van der Waals surface area contributed by atoms with E-state index < -0.39 is 0 Å². The molecule has 0 aromatic rings. The van der Waals surface area contributed by atoms with Crippen molar-refractivity contribution in [2.45, 2.75) is 39.2 Å². The molecule has 0 saturated heterocycles. The van der Waals surface area contributed by atoms with Crippen LogP contribution in [0.2, 0.25) is 0 Å². The van der Waals surface area contributed by atoms with Gasteiger partial charge >= 0.3 is 0 Å². The zero-order valence-corrected chi connectivity index (χ0v) is 5.78. The van der Waals surface area contributed by atoms with Crippen LogP contribution >= 0.6 is 0 Å². The first-order valence-electron chi connectivity index (χ1n) is 3.38. The van der Waals surface area contributed by atoms with Gasteiger partial charge in [-0.15, -0.1) is 0 Å². The summed E-state index contributed by atoms with van der Waals surface area (Å²) in [6.45, 7) is 4.40. The molecule has 48 valence electrons. The molecule has 1 rings (SSSR count). The molecular formula is C7H15N. The topological polar surface area (TPSA) is 26.0 Å². The molecule has 0 spiro atoms.